The van der Waals surface area contributed by atoms with Crippen molar-refractivity contribution in [3.63, 3.8) is 0 Å². The quantitative estimate of drug-likeness (QED) is 0.614. The van der Waals surface area contributed by atoms with Crippen molar-refractivity contribution in [1.82, 2.24) is 0 Å². The molecule has 0 bridgehead atoms. The first-order valence-electron chi connectivity index (χ1n) is 12.2. The van der Waals surface area contributed by atoms with Crippen LogP contribution in [-0.2, 0) is 9.59 Å². The number of hydrogen-bond donors (Lipinski definition) is 2. The van der Waals surface area contributed by atoms with Gasteiger partial charge in [0.05, 0.1) is 6.10 Å². The van der Waals surface area contributed by atoms with Gasteiger partial charge in [-0.3, -0.25) is 9.59 Å². The van der Waals surface area contributed by atoms with Gasteiger partial charge in [0, 0.05) is 12.3 Å². The number of carboxylic acid groups (broad SMARTS) is 1. The third kappa shape index (κ3) is 3.20. The van der Waals surface area contributed by atoms with Crippen molar-refractivity contribution < 1.29 is 19.8 Å². The smallest absolute Gasteiger partial charge is 0.303 e. The summed E-state index contributed by atoms with van der Waals surface area (Å²) in [5.74, 6) is 1.74. The van der Waals surface area contributed by atoms with E-state index in [2.05, 4.69) is 20.8 Å². The third-order valence-electron chi connectivity index (χ3n) is 10.3. The van der Waals surface area contributed by atoms with Crippen LogP contribution in [0.5, 0.6) is 0 Å². The topological polar surface area (TPSA) is 74.6 Å². The predicted molar refractivity (Wildman–Crippen MR) is 117 cm³/mol. The first kappa shape index (κ1) is 22.0. The van der Waals surface area contributed by atoms with E-state index in [9.17, 15) is 14.7 Å². The number of aliphatic hydroxyl groups excluding tert-OH is 1. The first-order valence-corrected chi connectivity index (χ1v) is 12.2. The summed E-state index contributed by atoms with van der Waals surface area (Å²) in [6.45, 7) is 9.04. The van der Waals surface area contributed by atoms with Gasteiger partial charge in [-0.2, -0.15) is 0 Å². The summed E-state index contributed by atoms with van der Waals surface area (Å²) in [6, 6.07) is 0. The number of Topliss-reactive ketones (excluding diaryl/α,β-unsaturated/α-hetero) is 1. The van der Waals surface area contributed by atoms with Gasteiger partial charge < -0.3 is 10.2 Å². The van der Waals surface area contributed by atoms with Crippen molar-refractivity contribution in [2.45, 2.75) is 91.6 Å². The minimum atomic E-state index is -0.705. The van der Waals surface area contributed by atoms with Gasteiger partial charge in [-0.15, -0.1) is 0 Å². The fourth-order valence-electron chi connectivity index (χ4n) is 8.72. The summed E-state index contributed by atoms with van der Waals surface area (Å²) < 4.78 is 0. The summed E-state index contributed by atoms with van der Waals surface area (Å²) in [7, 11) is 0. The highest BCUT2D eigenvalue weighted by atomic mass is 16.4. The number of carboxylic acids is 1. The van der Waals surface area contributed by atoms with Gasteiger partial charge in [-0.25, -0.2) is 0 Å². The Morgan fingerprint density at radius 2 is 1.80 bits per heavy atom. The van der Waals surface area contributed by atoms with Crippen molar-refractivity contribution in [2.24, 2.45) is 46.3 Å². The Bertz CT molecular complexity index is 741. The number of fused-ring (bicyclic) bond motifs is 5. The van der Waals surface area contributed by atoms with E-state index in [0.29, 0.717) is 29.5 Å². The second kappa shape index (κ2) is 7.76. The fourth-order valence-corrected chi connectivity index (χ4v) is 8.72. The number of allylic oxidation sites excluding steroid dienone is 2. The molecule has 4 heteroatoms. The van der Waals surface area contributed by atoms with E-state index in [0.717, 1.165) is 56.9 Å². The van der Waals surface area contributed by atoms with Crippen LogP contribution in [0.25, 0.3) is 0 Å². The van der Waals surface area contributed by atoms with Crippen LogP contribution >= 0.6 is 0 Å². The van der Waals surface area contributed by atoms with E-state index in [1.807, 2.05) is 13.0 Å². The molecule has 0 aliphatic heterocycles. The Labute approximate surface area is 181 Å². The molecule has 0 radical (unpaired) electrons. The molecule has 4 aliphatic rings. The minimum absolute atomic E-state index is 0.114. The van der Waals surface area contributed by atoms with Crippen molar-refractivity contribution in [2.75, 3.05) is 0 Å². The van der Waals surface area contributed by atoms with Gasteiger partial charge in [0.15, 0.2) is 5.78 Å². The largest absolute Gasteiger partial charge is 0.481 e. The number of aliphatic hydroxyl groups is 1. The Morgan fingerprint density at radius 3 is 2.47 bits per heavy atom. The highest BCUT2D eigenvalue weighted by molar-refractivity contribution is 5.99. The molecule has 0 aromatic heterocycles. The fraction of sp³-hybridized carbons (Fsp3) is 0.846. The zero-order valence-electron chi connectivity index (χ0n) is 19.2. The lowest BCUT2D eigenvalue weighted by Gasteiger charge is -2.61. The number of carbonyl (C=O) groups excluding carboxylic acids is 1. The molecule has 0 amide bonds. The molecule has 4 saturated carbocycles. The maximum Gasteiger partial charge on any atom is 0.303 e. The second-order valence-corrected chi connectivity index (χ2v) is 11.5. The zero-order valence-corrected chi connectivity index (χ0v) is 19.2. The molecule has 2 N–H and O–H groups in total. The van der Waals surface area contributed by atoms with Crippen LogP contribution in [0, 0.1) is 46.3 Å². The zero-order chi connectivity index (χ0) is 21.8. The normalized spacial score (nSPS) is 48.0. The van der Waals surface area contributed by atoms with Gasteiger partial charge in [0.2, 0.25) is 0 Å². The van der Waals surface area contributed by atoms with Crippen molar-refractivity contribution in [3.8, 4) is 0 Å². The average molecular weight is 417 g/mol. The summed E-state index contributed by atoms with van der Waals surface area (Å²) in [6.07, 6.45) is 9.86. The summed E-state index contributed by atoms with van der Waals surface area (Å²) in [5.41, 5.74) is 1.25. The molecule has 0 saturated heterocycles. The molecule has 4 fully saturated rings. The maximum atomic E-state index is 13.8. The van der Waals surface area contributed by atoms with Crippen molar-refractivity contribution in [1.29, 1.82) is 0 Å². The lowest BCUT2D eigenvalue weighted by molar-refractivity contribution is -0.150. The molecular weight excluding hydrogens is 376 g/mol. The van der Waals surface area contributed by atoms with Crippen LogP contribution in [0.3, 0.4) is 0 Å². The monoisotopic (exact) mass is 416 g/mol. The number of hydrogen-bond acceptors (Lipinski definition) is 3. The SMILES string of the molecule is C/C=C1\C(=O)[C@@H]2[C@H](CC[C@]3(C)[C@@H](C(C)CCC(=O)O)CC[C@@H]23)[C@@]2(C)CC[C@@H](O)C[C@@H]12. The summed E-state index contributed by atoms with van der Waals surface area (Å²) in [4.78, 5) is 24.9. The number of ketones is 1. The molecular formula is C26H40O4. The standard InChI is InChI=1S/C26H40O4/c1-5-17-21-14-16(27)10-12-26(21,4)20-11-13-25(3)18(15(2)6-9-22(28)29)7-8-19(25)23(20)24(17)30/h5,15-16,18-21,23,27H,6-14H2,1-4H3,(H,28,29)/b17-5-/t15?,16-,18-,19+,20+,21+,23+,25-,26-/m1/s1. The van der Waals surface area contributed by atoms with Gasteiger partial charge in [-0.1, -0.05) is 26.8 Å². The van der Waals surface area contributed by atoms with Crippen molar-refractivity contribution >= 4 is 11.8 Å². The van der Waals surface area contributed by atoms with Gasteiger partial charge in [0.25, 0.3) is 0 Å². The number of rotatable bonds is 4. The molecule has 0 aromatic rings. The molecule has 0 spiro atoms. The molecule has 168 valence electrons. The van der Waals surface area contributed by atoms with E-state index in [4.69, 9.17) is 5.11 Å². The molecule has 30 heavy (non-hydrogen) atoms. The highest BCUT2D eigenvalue weighted by Gasteiger charge is 2.64. The van der Waals surface area contributed by atoms with E-state index in [-0.39, 0.29) is 35.2 Å². The molecule has 4 rings (SSSR count). The molecule has 0 heterocycles. The Hall–Kier alpha value is -1.16. The van der Waals surface area contributed by atoms with Crippen LogP contribution in [0.15, 0.2) is 11.6 Å². The molecule has 0 aromatic carbocycles. The number of carbonyl (C=O) groups is 2. The maximum absolute atomic E-state index is 13.8. The van der Waals surface area contributed by atoms with Crippen LogP contribution < -0.4 is 0 Å². The molecule has 4 nitrogen and oxygen atoms in total. The van der Waals surface area contributed by atoms with E-state index in [1.54, 1.807) is 0 Å². The molecule has 4 aliphatic carbocycles. The molecule has 9 atom stereocenters. The number of aliphatic carboxylic acids is 1. The highest BCUT2D eigenvalue weighted by Crippen LogP contribution is 2.68. The predicted octanol–water partition coefficient (Wildman–Crippen LogP) is 5.24. The molecule has 1 unspecified atom stereocenters. The summed E-state index contributed by atoms with van der Waals surface area (Å²) in [5, 5.41) is 19.5. The van der Waals surface area contributed by atoms with Gasteiger partial charge in [-0.05, 0) is 104 Å². The summed E-state index contributed by atoms with van der Waals surface area (Å²) >= 11 is 0. The van der Waals surface area contributed by atoms with Crippen LogP contribution in [0.2, 0.25) is 0 Å². The Kier molecular flexibility index (Phi) is 5.70. The third-order valence-corrected chi connectivity index (χ3v) is 10.3. The van der Waals surface area contributed by atoms with Crippen LogP contribution in [0.1, 0.15) is 85.5 Å². The first-order chi connectivity index (χ1) is 14.1. The van der Waals surface area contributed by atoms with Gasteiger partial charge >= 0.3 is 5.97 Å². The van der Waals surface area contributed by atoms with E-state index in [1.165, 1.54) is 0 Å². The van der Waals surface area contributed by atoms with Crippen molar-refractivity contribution in [3.05, 3.63) is 11.6 Å². The lowest BCUT2D eigenvalue weighted by atomic mass is 9.43. The lowest BCUT2D eigenvalue weighted by Crippen LogP contribution is -2.58. The van der Waals surface area contributed by atoms with E-state index < -0.39 is 5.97 Å². The van der Waals surface area contributed by atoms with E-state index >= 15 is 0 Å². The van der Waals surface area contributed by atoms with Gasteiger partial charge in [0.1, 0.15) is 0 Å². The second-order valence-electron chi connectivity index (χ2n) is 11.5. The van der Waals surface area contributed by atoms with Crippen LogP contribution in [0.4, 0.5) is 0 Å². The average Bonchev–Trinajstić information content (AvgIpc) is 3.05. The Morgan fingerprint density at radius 1 is 1.13 bits per heavy atom. The Balaban J connectivity index is 1.64. The minimum Gasteiger partial charge on any atom is -0.481 e. The van der Waals surface area contributed by atoms with Crippen LogP contribution in [-0.4, -0.2) is 28.1 Å².